The highest BCUT2D eigenvalue weighted by atomic mass is 35.5. The van der Waals surface area contributed by atoms with Gasteiger partial charge in [0.1, 0.15) is 5.01 Å². The van der Waals surface area contributed by atoms with Crippen molar-refractivity contribution in [3.63, 3.8) is 0 Å². The first kappa shape index (κ1) is 19.0. The molecule has 0 aliphatic carbocycles. The zero-order valence-corrected chi connectivity index (χ0v) is 16.5. The molecule has 3 aromatic carbocycles. The van der Waals surface area contributed by atoms with E-state index in [0.29, 0.717) is 26.9 Å². The molecule has 0 aliphatic heterocycles. The highest BCUT2D eigenvalue weighted by molar-refractivity contribution is 7.19. The van der Waals surface area contributed by atoms with Crippen molar-refractivity contribution < 1.29 is 15.0 Å². The van der Waals surface area contributed by atoms with Gasteiger partial charge in [0.2, 0.25) is 0 Å². The van der Waals surface area contributed by atoms with E-state index in [9.17, 15) is 15.0 Å². The van der Waals surface area contributed by atoms with Gasteiger partial charge in [-0.05, 0) is 60.2 Å². The summed E-state index contributed by atoms with van der Waals surface area (Å²) in [5, 5.41) is 23.3. The summed E-state index contributed by atoms with van der Waals surface area (Å²) in [6.07, 6.45) is 1.63. The number of thiazole rings is 1. The molecule has 0 bridgehead atoms. The summed E-state index contributed by atoms with van der Waals surface area (Å²) in [4.78, 5) is 17.7. The molecule has 1 aromatic heterocycles. The average molecular weight is 423 g/mol. The highest BCUT2D eigenvalue weighted by Crippen LogP contribution is 2.31. The fourth-order valence-electron chi connectivity index (χ4n) is 2.74. The van der Waals surface area contributed by atoms with Gasteiger partial charge in [-0.1, -0.05) is 29.8 Å². The summed E-state index contributed by atoms with van der Waals surface area (Å²) in [5.74, 6) is -0.839. The molecule has 4 rings (SSSR count). The van der Waals surface area contributed by atoms with Gasteiger partial charge < -0.3 is 15.5 Å². The average Bonchev–Trinajstić information content (AvgIpc) is 3.14. The van der Waals surface area contributed by atoms with E-state index >= 15 is 0 Å². The quantitative estimate of drug-likeness (QED) is 0.298. The number of aromatic hydroxyl groups is 2. The molecular weight excluding hydrogens is 408 g/mol. The molecule has 0 unspecified atom stereocenters. The van der Waals surface area contributed by atoms with Crippen LogP contribution < -0.4 is 5.32 Å². The predicted molar refractivity (Wildman–Crippen MR) is 117 cm³/mol. The topological polar surface area (TPSA) is 82.5 Å². The Morgan fingerprint density at radius 1 is 1.00 bits per heavy atom. The van der Waals surface area contributed by atoms with Crippen molar-refractivity contribution in [1.29, 1.82) is 0 Å². The molecule has 0 saturated heterocycles. The number of nitrogens with zero attached hydrogens (tertiary/aromatic N) is 1. The maximum Gasteiger partial charge on any atom is 0.258 e. The number of hydrogen-bond donors (Lipinski definition) is 3. The van der Waals surface area contributed by atoms with Crippen LogP contribution in [0.4, 0.5) is 5.69 Å². The van der Waals surface area contributed by atoms with Gasteiger partial charge in [-0.2, -0.15) is 0 Å². The Hall–Kier alpha value is -3.35. The molecule has 144 valence electrons. The van der Waals surface area contributed by atoms with E-state index in [1.54, 1.807) is 36.4 Å². The Kier molecular flexibility index (Phi) is 5.20. The standard InChI is InChI=1S/C22H15ClN2O3S/c23-14-6-8-15(9-7-14)24-21(28)16(11-13-5-10-18(26)19(27)12-13)22-25-17-3-1-2-4-20(17)29-22/h1-12,26-27H,(H,24,28)/b16-11+. The molecule has 1 heterocycles. The molecule has 0 radical (unpaired) electrons. The highest BCUT2D eigenvalue weighted by Gasteiger charge is 2.17. The van der Waals surface area contributed by atoms with Crippen LogP contribution in [0.3, 0.4) is 0 Å². The van der Waals surface area contributed by atoms with Gasteiger partial charge in [-0.25, -0.2) is 4.98 Å². The Morgan fingerprint density at radius 3 is 2.48 bits per heavy atom. The Balaban J connectivity index is 1.77. The summed E-state index contributed by atoms with van der Waals surface area (Å²) in [6, 6.07) is 18.8. The van der Waals surface area contributed by atoms with Crippen LogP contribution in [0.25, 0.3) is 21.9 Å². The Morgan fingerprint density at radius 2 is 1.76 bits per heavy atom. The maximum absolute atomic E-state index is 13.1. The third kappa shape index (κ3) is 4.23. The number of amides is 1. The number of aromatic nitrogens is 1. The normalized spacial score (nSPS) is 11.6. The fourth-order valence-corrected chi connectivity index (χ4v) is 3.85. The smallest absolute Gasteiger partial charge is 0.258 e. The molecule has 4 aromatic rings. The van der Waals surface area contributed by atoms with Crippen LogP contribution in [0.15, 0.2) is 66.7 Å². The number of nitrogens with one attached hydrogen (secondary N) is 1. The Labute approximate surface area is 175 Å². The summed E-state index contributed by atoms with van der Waals surface area (Å²) in [6.45, 7) is 0. The van der Waals surface area contributed by atoms with Crippen molar-refractivity contribution in [2.75, 3.05) is 5.32 Å². The van der Waals surface area contributed by atoms with Gasteiger partial charge >= 0.3 is 0 Å². The largest absolute Gasteiger partial charge is 0.504 e. The molecule has 0 aliphatic rings. The van der Waals surface area contributed by atoms with Crippen LogP contribution in [0.1, 0.15) is 10.6 Å². The van der Waals surface area contributed by atoms with Crippen molar-refractivity contribution in [2.45, 2.75) is 0 Å². The van der Waals surface area contributed by atoms with Gasteiger partial charge in [-0.3, -0.25) is 4.79 Å². The lowest BCUT2D eigenvalue weighted by Crippen LogP contribution is -2.13. The van der Waals surface area contributed by atoms with Crippen LogP contribution in [0.2, 0.25) is 5.02 Å². The van der Waals surface area contributed by atoms with Gasteiger partial charge in [0.25, 0.3) is 5.91 Å². The van der Waals surface area contributed by atoms with Crippen LogP contribution in [0, 0.1) is 0 Å². The Bertz CT molecular complexity index is 1200. The SMILES string of the molecule is O=C(Nc1ccc(Cl)cc1)/C(=C\c1ccc(O)c(O)c1)c1nc2ccccc2s1. The summed E-state index contributed by atoms with van der Waals surface area (Å²) in [7, 11) is 0. The number of benzene rings is 3. The van der Waals surface area contributed by atoms with Crippen LogP contribution in [0.5, 0.6) is 11.5 Å². The number of carbonyl (C=O) groups excluding carboxylic acids is 1. The predicted octanol–water partition coefficient (Wildman–Crippen LogP) is 5.54. The zero-order chi connectivity index (χ0) is 20.4. The van der Waals surface area contributed by atoms with E-state index in [-0.39, 0.29) is 17.4 Å². The molecule has 0 fully saturated rings. The number of rotatable bonds is 4. The fraction of sp³-hybridized carbons (Fsp3) is 0. The lowest BCUT2D eigenvalue weighted by molar-refractivity contribution is -0.111. The minimum atomic E-state index is -0.348. The molecule has 0 atom stereocenters. The minimum absolute atomic E-state index is 0.227. The number of hydrogen-bond acceptors (Lipinski definition) is 5. The first-order valence-corrected chi connectivity index (χ1v) is 9.85. The van der Waals surface area contributed by atoms with E-state index in [2.05, 4.69) is 10.3 Å². The monoisotopic (exact) mass is 422 g/mol. The van der Waals surface area contributed by atoms with Gasteiger partial charge in [-0.15, -0.1) is 11.3 Å². The van der Waals surface area contributed by atoms with E-state index < -0.39 is 0 Å². The first-order chi connectivity index (χ1) is 14.0. The molecule has 7 heteroatoms. The maximum atomic E-state index is 13.1. The lowest BCUT2D eigenvalue weighted by atomic mass is 10.1. The number of carbonyl (C=O) groups is 1. The summed E-state index contributed by atoms with van der Waals surface area (Å²) >= 11 is 7.31. The van der Waals surface area contributed by atoms with Crippen LogP contribution >= 0.6 is 22.9 Å². The molecule has 0 spiro atoms. The van der Waals surface area contributed by atoms with E-state index in [1.165, 1.54) is 23.5 Å². The second-order valence-corrected chi connectivity index (χ2v) is 7.72. The molecule has 0 saturated carbocycles. The molecule has 5 nitrogen and oxygen atoms in total. The lowest BCUT2D eigenvalue weighted by Gasteiger charge is -2.08. The van der Waals surface area contributed by atoms with E-state index in [4.69, 9.17) is 11.6 Å². The molecule has 1 amide bonds. The van der Waals surface area contributed by atoms with Gasteiger partial charge in [0.15, 0.2) is 11.5 Å². The van der Waals surface area contributed by atoms with E-state index in [1.807, 2.05) is 24.3 Å². The van der Waals surface area contributed by atoms with Crippen LogP contribution in [-0.4, -0.2) is 21.1 Å². The van der Waals surface area contributed by atoms with Crippen molar-refractivity contribution in [3.8, 4) is 11.5 Å². The molecule has 3 N–H and O–H groups in total. The number of para-hydroxylation sites is 1. The summed E-state index contributed by atoms with van der Waals surface area (Å²) in [5.41, 5.74) is 2.29. The zero-order valence-electron chi connectivity index (χ0n) is 15.0. The number of halogens is 1. The van der Waals surface area contributed by atoms with Crippen molar-refractivity contribution in [2.24, 2.45) is 0 Å². The third-order valence-electron chi connectivity index (χ3n) is 4.18. The second-order valence-electron chi connectivity index (χ2n) is 6.25. The molecular formula is C22H15ClN2O3S. The number of fused-ring (bicyclic) bond motifs is 1. The minimum Gasteiger partial charge on any atom is -0.504 e. The van der Waals surface area contributed by atoms with Gasteiger partial charge in [0.05, 0.1) is 15.8 Å². The van der Waals surface area contributed by atoms with Crippen molar-refractivity contribution in [3.05, 3.63) is 82.3 Å². The molecule has 29 heavy (non-hydrogen) atoms. The second kappa shape index (κ2) is 7.95. The van der Waals surface area contributed by atoms with Crippen LogP contribution in [-0.2, 0) is 4.79 Å². The van der Waals surface area contributed by atoms with Crippen molar-refractivity contribution in [1.82, 2.24) is 4.98 Å². The number of anilines is 1. The number of phenols is 2. The summed E-state index contributed by atoms with van der Waals surface area (Å²) < 4.78 is 0.959. The third-order valence-corrected chi connectivity index (χ3v) is 5.50. The van der Waals surface area contributed by atoms with E-state index in [0.717, 1.165) is 10.2 Å². The van der Waals surface area contributed by atoms with Gasteiger partial charge in [0, 0.05) is 10.7 Å². The van der Waals surface area contributed by atoms with Crippen molar-refractivity contribution >= 4 is 56.4 Å². The number of phenolic OH excluding ortho intramolecular Hbond substituents is 2. The first-order valence-electron chi connectivity index (χ1n) is 8.66.